The van der Waals surface area contributed by atoms with Gasteiger partial charge in [-0.05, 0) is 58.6 Å². The first kappa shape index (κ1) is 17.7. The first-order valence-electron chi connectivity index (χ1n) is 8.29. The van der Waals surface area contributed by atoms with E-state index >= 15 is 0 Å². The summed E-state index contributed by atoms with van der Waals surface area (Å²) in [5.74, 6) is 0.203. The number of tetrazole rings is 1. The highest BCUT2D eigenvalue weighted by atomic mass is 32.2. The van der Waals surface area contributed by atoms with Crippen LogP contribution in [0.3, 0.4) is 0 Å². The van der Waals surface area contributed by atoms with Gasteiger partial charge in [-0.3, -0.25) is 4.79 Å². The molecule has 0 aliphatic rings. The molecular formula is C19H14N6O2S. The standard InChI is InChI=1S/C19H14N6O2S/c26-18(14-7-3-1-4-8-14)21-20-13-16-11-12-17(27-16)28-19-22-23-24-25(19)15-9-5-2-6-10-15/h1-13H,(H,21,26). The van der Waals surface area contributed by atoms with Crippen molar-refractivity contribution in [3.05, 3.63) is 84.1 Å². The third-order valence-electron chi connectivity index (χ3n) is 3.63. The van der Waals surface area contributed by atoms with Gasteiger partial charge in [0.25, 0.3) is 5.91 Å². The fraction of sp³-hybridized carbons (Fsp3) is 0. The van der Waals surface area contributed by atoms with E-state index in [0.29, 0.717) is 21.6 Å². The van der Waals surface area contributed by atoms with Gasteiger partial charge in [0.05, 0.1) is 11.9 Å². The SMILES string of the molecule is O=C(NN=Cc1ccc(Sc2nnnn2-c2ccccc2)o1)c1ccccc1. The zero-order chi connectivity index (χ0) is 19.2. The van der Waals surface area contributed by atoms with Crippen LogP contribution in [-0.4, -0.2) is 32.3 Å². The Morgan fingerprint density at radius 2 is 1.79 bits per heavy atom. The molecule has 0 saturated heterocycles. The average Bonchev–Trinajstić information content (AvgIpc) is 3.39. The molecule has 2 aromatic heterocycles. The molecule has 0 spiro atoms. The summed E-state index contributed by atoms with van der Waals surface area (Å²) in [4.78, 5) is 11.9. The fourth-order valence-electron chi connectivity index (χ4n) is 2.33. The summed E-state index contributed by atoms with van der Waals surface area (Å²) in [7, 11) is 0. The van der Waals surface area contributed by atoms with E-state index in [1.807, 2.05) is 36.4 Å². The highest BCUT2D eigenvalue weighted by Crippen LogP contribution is 2.28. The number of hydrazone groups is 1. The third-order valence-corrected chi connectivity index (χ3v) is 4.49. The van der Waals surface area contributed by atoms with Crippen LogP contribution in [0.25, 0.3) is 5.69 Å². The number of nitrogens with one attached hydrogen (secondary N) is 1. The number of carbonyl (C=O) groups excluding carboxylic acids is 1. The quantitative estimate of drug-likeness (QED) is 0.401. The van der Waals surface area contributed by atoms with Gasteiger partial charge in [0.1, 0.15) is 5.76 Å². The predicted molar refractivity (Wildman–Crippen MR) is 103 cm³/mol. The van der Waals surface area contributed by atoms with Gasteiger partial charge >= 0.3 is 0 Å². The second-order valence-corrected chi connectivity index (χ2v) is 6.50. The van der Waals surface area contributed by atoms with Crippen LogP contribution in [0.4, 0.5) is 0 Å². The van der Waals surface area contributed by atoms with E-state index in [1.54, 1.807) is 41.1 Å². The number of amides is 1. The van der Waals surface area contributed by atoms with Gasteiger partial charge in [-0.1, -0.05) is 36.4 Å². The predicted octanol–water partition coefficient (Wildman–Crippen LogP) is 3.17. The fourth-order valence-corrected chi connectivity index (χ4v) is 3.09. The molecule has 1 amide bonds. The number of nitrogens with zero attached hydrogens (tertiary/aromatic N) is 5. The van der Waals surface area contributed by atoms with Crippen LogP contribution in [0.2, 0.25) is 0 Å². The molecule has 4 aromatic rings. The van der Waals surface area contributed by atoms with E-state index in [-0.39, 0.29) is 5.91 Å². The molecule has 138 valence electrons. The summed E-state index contributed by atoms with van der Waals surface area (Å²) < 4.78 is 7.31. The maximum atomic E-state index is 11.9. The molecule has 0 radical (unpaired) electrons. The second-order valence-electron chi connectivity index (χ2n) is 5.53. The molecule has 1 N–H and O–H groups in total. The van der Waals surface area contributed by atoms with Crippen molar-refractivity contribution in [2.24, 2.45) is 5.10 Å². The van der Waals surface area contributed by atoms with E-state index in [2.05, 4.69) is 26.1 Å². The third kappa shape index (κ3) is 4.15. The van der Waals surface area contributed by atoms with Crippen LogP contribution in [0.5, 0.6) is 0 Å². The summed E-state index contributed by atoms with van der Waals surface area (Å²) >= 11 is 1.28. The van der Waals surface area contributed by atoms with Crippen LogP contribution in [0.15, 0.2) is 92.6 Å². The lowest BCUT2D eigenvalue weighted by Crippen LogP contribution is -2.17. The van der Waals surface area contributed by atoms with Gasteiger partial charge < -0.3 is 4.42 Å². The van der Waals surface area contributed by atoms with Crippen molar-refractivity contribution < 1.29 is 9.21 Å². The topological polar surface area (TPSA) is 98.2 Å². The average molecular weight is 390 g/mol. The van der Waals surface area contributed by atoms with Crippen LogP contribution in [0, 0.1) is 0 Å². The van der Waals surface area contributed by atoms with Gasteiger partial charge in [0.15, 0.2) is 5.09 Å². The zero-order valence-electron chi connectivity index (χ0n) is 14.5. The lowest BCUT2D eigenvalue weighted by atomic mass is 10.2. The molecule has 2 aromatic carbocycles. The Balaban J connectivity index is 1.40. The lowest BCUT2D eigenvalue weighted by Gasteiger charge is -2.01. The molecule has 0 bridgehead atoms. The second kappa shape index (κ2) is 8.31. The van der Waals surface area contributed by atoms with Crippen molar-refractivity contribution in [2.75, 3.05) is 0 Å². The molecule has 4 rings (SSSR count). The zero-order valence-corrected chi connectivity index (χ0v) is 15.3. The van der Waals surface area contributed by atoms with Crippen LogP contribution >= 0.6 is 11.8 Å². The van der Waals surface area contributed by atoms with E-state index in [1.165, 1.54) is 18.0 Å². The monoisotopic (exact) mass is 390 g/mol. The molecule has 28 heavy (non-hydrogen) atoms. The van der Waals surface area contributed by atoms with Gasteiger partial charge in [0.2, 0.25) is 5.16 Å². The first-order chi connectivity index (χ1) is 13.8. The Kier molecular flexibility index (Phi) is 5.25. The Morgan fingerprint density at radius 3 is 2.57 bits per heavy atom. The van der Waals surface area contributed by atoms with Gasteiger partial charge in [-0.25, -0.2) is 5.43 Å². The summed E-state index contributed by atoms with van der Waals surface area (Å²) in [5, 5.41) is 16.9. The maximum absolute atomic E-state index is 11.9. The number of para-hydroxylation sites is 1. The molecule has 0 aliphatic carbocycles. The molecule has 2 heterocycles. The molecule has 9 heteroatoms. The van der Waals surface area contributed by atoms with Crippen molar-refractivity contribution >= 4 is 23.9 Å². The largest absolute Gasteiger partial charge is 0.448 e. The van der Waals surface area contributed by atoms with Crippen molar-refractivity contribution in [2.45, 2.75) is 10.2 Å². The van der Waals surface area contributed by atoms with Crippen LogP contribution in [0.1, 0.15) is 16.1 Å². The van der Waals surface area contributed by atoms with E-state index in [0.717, 1.165) is 5.69 Å². The van der Waals surface area contributed by atoms with Crippen LogP contribution < -0.4 is 5.43 Å². The summed E-state index contributed by atoms with van der Waals surface area (Å²) in [6, 6.07) is 22.0. The smallest absolute Gasteiger partial charge is 0.271 e. The van der Waals surface area contributed by atoms with Gasteiger partial charge in [-0.15, -0.1) is 5.10 Å². The minimum Gasteiger partial charge on any atom is -0.448 e. The highest BCUT2D eigenvalue weighted by Gasteiger charge is 2.12. The molecular weight excluding hydrogens is 376 g/mol. The Bertz CT molecular complexity index is 1090. The molecule has 8 nitrogen and oxygen atoms in total. The molecule has 0 atom stereocenters. The normalized spacial score (nSPS) is 11.0. The van der Waals surface area contributed by atoms with Gasteiger partial charge in [0, 0.05) is 5.56 Å². The lowest BCUT2D eigenvalue weighted by molar-refractivity contribution is 0.0955. The number of furan rings is 1. The van der Waals surface area contributed by atoms with Crippen molar-refractivity contribution in [3.8, 4) is 5.69 Å². The van der Waals surface area contributed by atoms with Crippen molar-refractivity contribution in [3.63, 3.8) is 0 Å². The molecule has 0 saturated carbocycles. The number of hydrogen-bond acceptors (Lipinski definition) is 7. The summed E-state index contributed by atoms with van der Waals surface area (Å²) in [5.41, 5.74) is 3.84. The number of carbonyl (C=O) groups is 1. The Labute approximate surface area is 164 Å². The summed E-state index contributed by atoms with van der Waals surface area (Å²) in [6.45, 7) is 0. The molecule has 0 aliphatic heterocycles. The first-order valence-corrected chi connectivity index (χ1v) is 9.11. The molecule has 0 unspecified atom stereocenters. The minimum absolute atomic E-state index is 0.292. The van der Waals surface area contributed by atoms with Crippen molar-refractivity contribution in [1.29, 1.82) is 0 Å². The number of rotatable bonds is 6. The minimum atomic E-state index is -0.292. The van der Waals surface area contributed by atoms with E-state index < -0.39 is 0 Å². The Hall–Kier alpha value is -3.72. The molecule has 0 fully saturated rings. The number of benzene rings is 2. The number of hydrogen-bond donors (Lipinski definition) is 1. The number of aromatic nitrogens is 4. The maximum Gasteiger partial charge on any atom is 0.271 e. The van der Waals surface area contributed by atoms with Gasteiger partial charge in [-0.2, -0.15) is 9.78 Å². The van der Waals surface area contributed by atoms with E-state index in [9.17, 15) is 4.79 Å². The highest BCUT2D eigenvalue weighted by molar-refractivity contribution is 7.99. The van der Waals surface area contributed by atoms with Crippen LogP contribution in [-0.2, 0) is 0 Å². The Morgan fingerprint density at radius 1 is 1.04 bits per heavy atom. The van der Waals surface area contributed by atoms with Crippen molar-refractivity contribution in [1.82, 2.24) is 25.6 Å². The van der Waals surface area contributed by atoms with E-state index in [4.69, 9.17) is 4.42 Å². The summed E-state index contributed by atoms with van der Waals surface area (Å²) in [6.07, 6.45) is 1.44.